The van der Waals surface area contributed by atoms with Crippen LogP contribution in [0.3, 0.4) is 0 Å². The molecule has 0 amide bonds. The Kier molecular flexibility index (Phi) is 4.08. The van der Waals surface area contributed by atoms with Crippen LogP contribution in [0.15, 0.2) is 29.6 Å². The molecule has 1 atom stereocenters. The van der Waals surface area contributed by atoms with Crippen LogP contribution in [0.25, 0.3) is 0 Å². The fourth-order valence-electron chi connectivity index (χ4n) is 2.72. The minimum atomic E-state index is 0.297. The van der Waals surface area contributed by atoms with Gasteiger partial charge in [0.25, 0.3) is 0 Å². The molecule has 2 aromatic rings. The summed E-state index contributed by atoms with van der Waals surface area (Å²) in [4.78, 5) is 1.37. The molecule has 2 nitrogen and oxygen atoms in total. The summed E-state index contributed by atoms with van der Waals surface area (Å²) in [6.45, 7) is 6.23. The average molecular weight is 287 g/mol. The Bertz CT molecular complexity index is 590. The van der Waals surface area contributed by atoms with Crippen molar-refractivity contribution < 1.29 is 4.74 Å². The summed E-state index contributed by atoms with van der Waals surface area (Å²) >= 11 is 1.82. The molecule has 1 aromatic carbocycles. The second-order valence-electron chi connectivity index (χ2n) is 5.34. The first-order chi connectivity index (χ1) is 9.78. The summed E-state index contributed by atoms with van der Waals surface area (Å²) in [5.74, 6) is 1.06. The Morgan fingerprint density at radius 2 is 2.20 bits per heavy atom. The molecule has 0 saturated heterocycles. The molecule has 1 aromatic heterocycles. The predicted molar refractivity (Wildman–Crippen MR) is 84.8 cm³/mol. The van der Waals surface area contributed by atoms with Gasteiger partial charge in [-0.25, -0.2) is 0 Å². The Balaban J connectivity index is 1.92. The van der Waals surface area contributed by atoms with Crippen LogP contribution >= 0.6 is 11.3 Å². The van der Waals surface area contributed by atoms with Crippen LogP contribution < -0.4 is 10.1 Å². The molecule has 1 aliphatic heterocycles. The molecule has 0 aliphatic carbocycles. The second-order valence-corrected chi connectivity index (χ2v) is 6.46. The average Bonchev–Trinajstić information content (AvgIpc) is 3.07. The Morgan fingerprint density at radius 1 is 1.30 bits per heavy atom. The van der Waals surface area contributed by atoms with E-state index in [0.717, 1.165) is 31.7 Å². The molecule has 1 aliphatic rings. The number of hydrogen-bond acceptors (Lipinski definition) is 3. The van der Waals surface area contributed by atoms with Crippen molar-refractivity contribution in [2.24, 2.45) is 0 Å². The van der Waals surface area contributed by atoms with Crippen LogP contribution in [0, 0.1) is 6.92 Å². The molecule has 0 spiro atoms. The lowest BCUT2D eigenvalue weighted by Crippen LogP contribution is -2.22. The van der Waals surface area contributed by atoms with Crippen molar-refractivity contribution in [3.8, 4) is 5.75 Å². The van der Waals surface area contributed by atoms with E-state index in [0.29, 0.717) is 6.04 Å². The predicted octanol–water partition coefficient (Wildman–Crippen LogP) is 4.08. The number of hydrogen-bond donors (Lipinski definition) is 1. The Hall–Kier alpha value is -1.32. The lowest BCUT2D eigenvalue weighted by atomic mass is 9.98. The molecule has 0 fully saturated rings. The topological polar surface area (TPSA) is 21.3 Å². The van der Waals surface area contributed by atoms with E-state index in [1.165, 1.54) is 21.6 Å². The molecule has 0 saturated carbocycles. The normalized spacial score (nSPS) is 14.9. The highest BCUT2D eigenvalue weighted by Gasteiger charge is 2.18. The van der Waals surface area contributed by atoms with Crippen molar-refractivity contribution in [3.63, 3.8) is 0 Å². The molecule has 3 heteroatoms. The largest absolute Gasteiger partial charge is 0.493 e. The first-order valence-electron chi connectivity index (χ1n) is 7.32. The summed E-state index contributed by atoms with van der Waals surface area (Å²) in [7, 11) is 0. The Morgan fingerprint density at radius 3 is 2.95 bits per heavy atom. The lowest BCUT2D eigenvalue weighted by Gasteiger charge is -2.19. The molecule has 1 unspecified atom stereocenters. The van der Waals surface area contributed by atoms with Crippen LogP contribution in [0.5, 0.6) is 5.75 Å². The van der Waals surface area contributed by atoms with Gasteiger partial charge >= 0.3 is 0 Å². The number of ether oxygens (including phenoxy) is 1. The van der Waals surface area contributed by atoms with Gasteiger partial charge in [0.05, 0.1) is 12.6 Å². The molecule has 1 N–H and O–H groups in total. The summed E-state index contributed by atoms with van der Waals surface area (Å²) in [6.07, 6.45) is 2.18. The lowest BCUT2D eigenvalue weighted by molar-refractivity contribution is 0.357. The van der Waals surface area contributed by atoms with Gasteiger partial charge in [-0.1, -0.05) is 19.1 Å². The van der Waals surface area contributed by atoms with Gasteiger partial charge < -0.3 is 10.1 Å². The van der Waals surface area contributed by atoms with E-state index in [2.05, 4.69) is 48.8 Å². The van der Waals surface area contributed by atoms with Gasteiger partial charge in [-0.2, -0.15) is 0 Å². The SMILES string of the molecule is CCCNC(c1csc(C)c1)c1ccc2c(c1)CCO2. The zero-order chi connectivity index (χ0) is 13.9. The molecule has 106 valence electrons. The van der Waals surface area contributed by atoms with Gasteiger partial charge in [0.2, 0.25) is 0 Å². The monoisotopic (exact) mass is 287 g/mol. The van der Waals surface area contributed by atoms with E-state index in [4.69, 9.17) is 4.74 Å². The van der Waals surface area contributed by atoms with Gasteiger partial charge in [0, 0.05) is 11.3 Å². The van der Waals surface area contributed by atoms with Gasteiger partial charge in [0.1, 0.15) is 5.75 Å². The minimum Gasteiger partial charge on any atom is -0.493 e. The van der Waals surface area contributed by atoms with Crippen molar-refractivity contribution >= 4 is 11.3 Å². The van der Waals surface area contributed by atoms with E-state index in [1.54, 1.807) is 0 Å². The fourth-order valence-corrected chi connectivity index (χ4v) is 3.45. The highest BCUT2D eigenvalue weighted by molar-refractivity contribution is 7.10. The maximum atomic E-state index is 5.61. The second kappa shape index (κ2) is 5.98. The summed E-state index contributed by atoms with van der Waals surface area (Å²) < 4.78 is 5.61. The van der Waals surface area contributed by atoms with Crippen molar-refractivity contribution in [3.05, 3.63) is 51.2 Å². The zero-order valence-corrected chi connectivity index (χ0v) is 12.9. The van der Waals surface area contributed by atoms with E-state index in [9.17, 15) is 0 Å². The maximum Gasteiger partial charge on any atom is 0.122 e. The number of nitrogens with one attached hydrogen (secondary N) is 1. The number of fused-ring (bicyclic) bond motifs is 1. The highest BCUT2D eigenvalue weighted by Crippen LogP contribution is 2.32. The number of rotatable bonds is 5. The van der Waals surface area contributed by atoms with Gasteiger partial charge in [0.15, 0.2) is 0 Å². The van der Waals surface area contributed by atoms with Crippen LogP contribution in [0.1, 0.15) is 41.0 Å². The molecular formula is C17H21NOS. The standard InChI is InChI=1S/C17H21NOS/c1-3-7-18-17(15-9-12(2)20-11-15)14-4-5-16-13(10-14)6-8-19-16/h4-5,9-11,17-18H,3,6-8H2,1-2H3. The maximum absolute atomic E-state index is 5.61. The van der Waals surface area contributed by atoms with E-state index in [1.807, 2.05) is 11.3 Å². The van der Waals surface area contributed by atoms with Gasteiger partial charge in [-0.15, -0.1) is 11.3 Å². The fraction of sp³-hybridized carbons (Fsp3) is 0.412. The number of benzene rings is 1. The van der Waals surface area contributed by atoms with Crippen LogP contribution in [0.4, 0.5) is 0 Å². The van der Waals surface area contributed by atoms with Crippen molar-refractivity contribution in [2.75, 3.05) is 13.2 Å². The smallest absolute Gasteiger partial charge is 0.122 e. The third kappa shape index (κ3) is 2.74. The first kappa shape index (κ1) is 13.7. The quantitative estimate of drug-likeness (QED) is 0.894. The van der Waals surface area contributed by atoms with Crippen LogP contribution in [0.2, 0.25) is 0 Å². The van der Waals surface area contributed by atoms with Crippen molar-refractivity contribution in [1.82, 2.24) is 5.32 Å². The summed E-state index contributed by atoms with van der Waals surface area (Å²) in [6, 6.07) is 9.22. The van der Waals surface area contributed by atoms with Gasteiger partial charge in [-0.3, -0.25) is 0 Å². The summed E-state index contributed by atoms with van der Waals surface area (Å²) in [5, 5.41) is 5.94. The summed E-state index contributed by atoms with van der Waals surface area (Å²) in [5.41, 5.74) is 4.07. The van der Waals surface area contributed by atoms with Crippen LogP contribution in [-0.4, -0.2) is 13.2 Å². The van der Waals surface area contributed by atoms with Crippen LogP contribution in [-0.2, 0) is 6.42 Å². The third-order valence-corrected chi connectivity index (χ3v) is 4.61. The van der Waals surface area contributed by atoms with Crippen molar-refractivity contribution in [1.29, 1.82) is 0 Å². The molecule has 3 rings (SSSR count). The molecule has 2 heterocycles. The molecule has 20 heavy (non-hydrogen) atoms. The number of thiophene rings is 1. The van der Waals surface area contributed by atoms with E-state index in [-0.39, 0.29) is 0 Å². The van der Waals surface area contributed by atoms with E-state index >= 15 is 0 Å². The van der Waals surface area contributed by atoms with Crippen molar-refractivity contribution in [2.45, 2.75) is 32.7 Å². The molecule has 0 bridgehead atoms. The first-order valence-corrected chi connectivity index (χ1v) is 8.20. The Labute approximate surface area is 124 Å². The molecular weight excluding hydrogens is 266 g/mol. The van der Waals surface area contributed by atoms with Gasteiger partial charge in [-0.05, 0) is 54.1 Å². The zero-order valence-electron chi connectivity index (χ0n) is 12.1. The highest BCUT2D eigenvalue weighted by atomic mass is 32.1. The molecule has 0 radical (unpaired) electrons. The number of aryl methyl sites for hydroxylation is 1. The third-order valence-electron chi connectivity index (χ3n) is 3.73. The minimum absolute atomic E-state index is 0.297. The van der Waals surface area contributed by atoms with E-state index < -0.39 is 0 Å².